The Hall–Kier alpha value is -2.69. The Morgan fingerprint density at radius 3 is 2.20 bits per heavy atom. The van der Waals surface area contributed by atoms with Gasteiger partial charge in [0, 0.05) is 13.0 Å². The monoisotopic (exact) mass is 343 g/mol. The quantitative estimate of drug-likeness (QED) is 0.773. The standard InChI is InChI=1S/C20H22FNO3/c1-2-14-3-5-15(6-4-14)7-12-19(23)22-13-18(20(24)25)16-8-10-17(21)11-9-16/h3-6,8-11,18H,2,7,12-13H2,1H3,(H,22,23)(H,24,25). The molecule has 1 atom stereocenters. The molecule has 1 unspecified atom stereocenters. The lowest BCUT2D eigenvalue weighted by Crippen LogP contribution is -2.31. The molecule has 25 heavy (non-hydrogen) atoms. The fourth-order valence-electron chi connectivity index (χ4n) is 2.55. The van der Waals surface area contributed by atoms with Gasteiger partial charge in [0.2, 0.25) is 5.91 Å². The van der Waals surface area contributed by atoms with Crippen LogP contribution in [0.5, 0.6) is 0 Å². The molecule has 1 amide bonds. The second kappa shape index (κ2) is 8.97. The molecule has 0 aliphatic rings. The molecule has 0 radical (unpaired) electrons. The summed E-state index contributed by atoms with van der Waals surface area (Å²) in [6.07, 6.45) is 1.87. The molecule has 4 nitrogen and oxygen atoms in total. The number of carbonyl (C=O) groups is 2. The Kier molecular flexibility index (Phi) is 6.69. The topological polar surface area (TPSA) is 66.4 Å². The van der Waals surface area contributed by atoms with Crippen molar-refractivity contribution in [3.8, 4) is 0 Å². The highest BCUT2D eigenvalue weighted by Gasteiger charge is 2.20. The van der Waals surface area contributed by atoms with Crippen molar-refractivity contribution in [1.82, 2.24) is 5.32 Å². The Labute approximate surface area is 146 Å². The van der Waals surface area contributed by atoms with Gasteiger partial charge in [0.25, 0.3) is 0 Å². The molecule has 0 saturated carbocycles. The molecule has 2 aromatic carbocycles. The molecule has 132 valence electrons. The zero-order valence-corrected chi connectivity index (χ0v) is 14.2. The summed E-state index contributed by atoms with van der Waals surface area (Å²) in [6.45, 7) is 2.07. The summed E-state index contributed by atoms with van der Waals surface area (Å²) in [5, 5.41) is 12.0. The van der Waals surface area contributed by atoms with E-state index in [1.54, 1.807) is 0 Å². The number of carboxylic acids is 1. The van der Waals surface area contributed by atoms with Gasteiger partial charge in [0.1, 0.15) is 5.82 Å². The maximum atomic E-state index is 13.0. The van der Waals surface area contributed by atoms with Gasteiger partial charge in [-0.3, -0.25) is 9.59 Å². The molecule has 2 aromatic rings. The third-order valence-corrected chi connectivity index (χ3v) is 4.15. The van der Waals surface area contributed by atoms with Crippen molar-refractivity contribution in [2.45, 2.75) is 32.1 Å². The molecule has 0 fully saturated rings. The highest BCUT2D eigenvalue weighted by Crippen LogP contribution is 2.16. The van der Waals surface area contributed by atoms with Gasteiger partial charge in [-0.25, -0.2) is 4.39 Å². The number of nitrogens with one attached hydrogen (secondary N) is 1. The predicted molar refractivity (Wildman–Crippen MR) is 93.9 cm³/mol. The van der Waals surface area contributed by atoms with E-state index in [-0.39, 0.29) is 12.5 Å². The summed E-state index contributed by atoms with van der Waals surface area (Å²) in [5.74, 6) is -2.57. The van der Waals surface area contributed by atoms with Crippen LogP contribution in [0, 0.1) is 5.82 Å². The first kappa shape index (κ1) is 18.6. The van der Waals surface area contributed by atoms with Crippen LogP contribution in [0.2, 0.25) is 0 Å². The summed E-state index contributed by atoms with van der Waals surface area (Å²) in [7, 11) is 0. The van der Waals surface area contributed by atoms with Gasteiger partial charge in [-0.1, -0.05) is 43.3 Å². The molecule has 0 heterocycles. The van der Waals surface area contributed by atoms with Gasteiger partial charge in [-0.05, 0) is 41.7 Å². The van der Waals surface area contributed by atoms with Crippen molar-refractivity contribution >= 4 is 11.9 Å². The summed E-state index contributed by atoms with van der Waals surface area (Å²) in [4.78, 5) is 23.4. The number of benzene rings is 2. The number of carboxylic acid groups (broad SMARTS) is 1. The van der Waals surface area contributed by atoms with E-state index in [4.69, 9.17) is 0 Å². The fraction of sp³-hybridized carbons (Fsp3) is 0.300. The molecule has 0 aromatic heterocycles. The Morgan fingerprint density at radius 1 is 1.04 bits per heavy atom. The molecule has 2 rings (SSSR count). The Balaban J connectivity index is 1.86. The minimum absolute atomic E-state index is 0.0193. The normalized spacial score (nSPS) is 11.8. The minimum Gasteiger partial charge on any atom is -0.481 e. The summed E-state index contributed by atoms with van der Waals surface area (Å²) in [6, 6.07) is 13.4. The highest BCUT2D eigenvalue weighted by molar-refractivity contribution is 5.80. The number of rotatable bonds is 8. The lowest BCUT2D eigenvalue weighted by molar-refractivity contribution is -0.138. The van der Waals surface area contributed by atoms with E-state index in [0.29, 0.717) is 18.4 Å². The third-order valence-electron chi connectivity index (χ3n) is 4.15. The number of carbonyl (C=O) groups excluding carboxylic acids is 1. The third kappa shape index (κ3) is 5.71. The predicted octanol–water partition coefficient (Wildman–Crippen LogP) is 3.31. The van der Waals surface area contributed by atoms with Crippen LogP contribution in [0.3, 0.4) is 0 Å². The van der Waals surface area contributed by atoms with E-state index < -0.39 is 17.7 Å². The van der Waals surface area contributed by atoms with E-state index >= 15 is 0 Å². The fourth-order valence-corrected chi connectivity index (χ4v) is 2.55. The van der Waals surface area contributed by atoms with Gasteiger partial charge in [-0.15, -0.1) is 0 Å². The van der Waals surface area contributed by atoms with Crippen molar-refractivity contribution in [3.63, 3.8) is 0 Å². The largest absolute Gasteiger partial charge is 0.481 e. The highest BCUT2D eigenvalue weighted by atomic mass is 19.1. The molecular formula is C20H22FNO3. The van der Waals surface area contributed by atoms with Crippen LogP contribution in [0.1, 0.15) is 36.0 Å². The lowest BCUT2D eigenvalue weighted by atomic mass is 9.99. The number of hydrogen-bond donors (Lipinski definition) is 2. The smallest absolute Gasteiger partial charge is 0.312 e. The average molecular weight is 343 g/mol. The summed E-state index contributed by atoms with van der Waals surface area (Å²) >= 11 is 0. The van der Waals surface area contributed by atoms with Gasteiger partial charge in [0.15, 0.2) is 0 Å². The first-order valence-electron chi connectivity index (χ1n) is 8.32. The van der Waals surface area contributed by atoms with Crippen molar-refractivity contribution in [2.24, 2.45) is 0 Å². The number of amides is 1. The van der Waals surface area contributed by atoms with Crippen molar-refractivity contribution < 1.29 is 19.1 Å². The van der Waals surface area contributed by atoms with E-state index in [1.807, 2.05) is 24.3 Å². The maximum Gasteiger partial charge on any atom is 0.312 e. The number of aryl methyl sites for hydroxylation is 2. The van der Waals surface area contributed by atoms with Crippen LogP contribution >= 0.6 is 0 Å². The summed E-state index contributed by atoms with van der Waals surface area (Å²) < 4.78 is 13.0. The number of hydrogen-bond acceptors (Lipinski definition) is 2. The van der Waals surface area contributed by atoms with Crippen molar-refractivity contribution in [1.29, 1.82) is 0 Å². The second-order valence-corrected chi connectivity index (χ2v) is 5.92. The molecule has 0 aliphatic carbocycles. The van der Waals surface area contributed by atoms with E-state index in [2.05, 4.69) is 12.2 Å². The van der Waals surface area contributed by atoms with Crippen LogP contribution in [0.25, 0.3) is 0 Å². The molecule has 0 spiro atoms. The van der Waals surface area contributed by atoms with Crippen LogP contribution in [-0.2, 0) is 22.4 Å². The van der Waals surface area contributed by atoms with E-state index in [9.17, 15) is 19.1 Å². The van der Waals surface area contributed by atoms with Crippen molar-refractivity contribution in [3.05, 3.63) is 71.0 Å². The van der Waals surface area contributed by atoms with Gasteiger partial charge < -0.3 is 10.4 Å². The number of aliphatic carboxylic acids is 1. The molecule has 2 N–H and O–H groups in total. The molecular weight excluding hydrogens is 321 g/mol. The average Bonchev–Trinajstić information content (AvgIpc) is 2.61. The first-order valence-corrected chi connectivity index (χ1v) is 8.32. The molecule has 0 bridgehead atoms. The minimum atomic E-state index is -1.05. The number of halogens is 1. The molecule has 0 saturated heterocycles. The SMILES string of the molecule is CCc1ccc(CCC(=O)NCC(C(=O)O)c2ccc(F)cc2)cc1. The Morgan fingerprint density at radius 2 is 1.64 bits per heavy atom. The van der Waals surface area contributed by atoms with Gasteiger partial charge in [-0.2, -0.15) is 0 Å². The zero-order chi connectivity index (χ0) is 18.2. The second-order valence-electron chi connectivity index (χ2n) is 5.92. The van der Waals surface area contributed by atoms with Crippen LogP contribution < -0.4 is 5.32 Å². The zero-order valence-electron chi connectivity index (χ0n) is 14.2. The van der Waals surface area contributed by atoms with Crippen LogP contribution in [0.15, 0.2) is 48.5 Å². The van der Waals surface area contributed by atoms with Crippen LogP contribution in [0.4, 0.5) is 4.39 Å². The van der Waals surface area contributed by atoms with E-state index in [1.165, 1.54) is 29.8 Å². The van der Waals surface area contributed by atoms with Gasteiger partial charge >= 0.3 is 5.97 Å². The van der Waals surface area contributed by atoms with E-state index in [0.717, 1.165) is 12.0 Å². The van der Waals surface area contributed by atoms with Gasteiger partial charge in [0.05, 0.1) is 5.92 Å². The maximum absolute atomic E-state index is 13.0. The van der Waals surface area contributed by atoms with Crippen LogP contribution in [-0.4, -0.2) is 23.5 Å². The van der Waals surface area contributed by atoms with Crippen molar-refractivity contribution in [2.75, 3.05) is 6.54 Å². The first-order chi connectivity index (χ1) is 12.0. The molecule has 0 aliphatic heterocycles. The summed E-state index contributed by atoms with van der Waals surface area (Å²) in [5.41, 5.74) is 2.78. The lowest BCUT2D eigenvalue weighted by Gasteiger charge is -2.14. The Bertz CT molecular complexity index is 711. The molecule has 5 heteroatoms.